The van der Waals surface area contributed by atoms with Crippen LogP contribution in [-0.2, 0) is 20.2 Å². The van der Waals surface area contributed by atoms with Gasteiger partial charge in [-0.25, -0.2) is 16.8 Å². The molecule has 12 heteroatoms. The molecular formula is C22H16N2Na2O6S2. The molecule has 2 N–H and O–H groups in total. The maximum atomic E-state index is 11.9. The summed E-state index contributed by atoms with van der Waals surface area (Å²) in [6.45, 7) is 0. The predicted molar refractivity (Wildman–Crippen MR) is 115 cm³/mol. The topological polar surface area (TPSA) is 146 Å². The number of benzene rings is 2. The number of aromatic amines is 2. The summed E-state index contributed by atoms with van der Waals surface area (Å²) in [5.41, 5.74) is 1.42. The van der Waals surface area contributed by atoms with Crippen LogP contribution in [0.2, 0.25) is 0 Å². The number of nitrogens with one attached hydrogen (secondary N) is 2. The Morgan fingerprint density at radius 2 is 1.35 bits per heavy atom. The van der Waals surface area contributed by atoms with E-state index in [1.807, 2.05) is 0 Å². The average Bonchev–Trinajstić information content (AvgIpc) is 3.41. The van der Waals surface area contributed by atoms with E-state index in [-0.39, 0.29) is 80.0 Å². The van der Waals surface area contributed by atoms with Crippen molar-refractivity contribution in [2.75, 3.05) is 0 Å². The van der Waals surface area contributed by atoms with Crippen LogP contribution in [0.25, 0.3) is 11.6 Å². The summed E-state index contributed by atoms with van der Waals surface area (Å²) in [6, 6.07) is 18.4. The summed E-state index contributed by atoms with van der Waals surface area (Å²) < 4.78 is 70.2. The minimum Gasteiger partial charge on any atom is -0.744 e. The molecule has 0 aliphatic carbocycles. The number of aromatic nitrogens is 2. The number of H-pyrrole nitrogens is 2. The van der Waals surface area contributed by atoms with Crippen LogP contribution in [0.1, 0.15) is 16.8 Å². The molecule has 0 atom stereocenters. The van der Waals surface area contributed by atoms with E-state index in [1.54, 1.807) is 42.6 Å². The molecule has 0 unspecified atom stereocenters. The van der Waals surface area contributed by atoms with Gasteiger partial charge in [-0.1, -0.05) is 36.4 Å². The van der Waals surface area contributed by atoms with E-state index in [0.29, 0.717) is 22.0 Å². The molecule has 2 heterocycles. The number of hydrogen-bond donors (Lipinski definition) is 2. The predicted octanol–water partition coefficient (Wildman–Crippen LogP) is -4.76. The fraction of sp³-hybridized carbons (Fsp3) is 0. The van der Waals surface area contributed by atoms with Crippen molar-refractivity contribution in [3.8, 4) is 0 Å². The molecule has 0 spiro atoms. The average molecular weight is 514 g/mol. The number of hydrogen-bond acceptors (Lipinski definition) is 6. The maximum absolute atomic E-state index is 11.9. The monoisotopic (exact) mass is 514 g/mol. The first-order valence-electron chi connectivity index (χ1n) is 9.29. The summed E-state index contributed by atoms with van der Waals surface area (Å²) >= 11 is 0. The zero-order valence-corrected chi connectivity index (χ0v) is 24.0. The van der Waals surface area contributed by atoms with Crippen LogP contribution in [0.3, 0.4) is 0 Å². The summed E-state index contributed by atoms with van der Waals surface area (Å²) in [7, 11) is -9.42. The van der Waals surface area contributed by atoms with Crippen LogP contribution in [0.15, 0.2) is 88.8 Å². The summed E-state index contributed by atoms with van der Waals surface area (Å²) in [5.74, 6) is 0. The zero-order valence-electron chi connectivity index (χ0n) is 18.3. The van der Waals surface area contributed by atoms with Crippen LogP contribution in [0.5, 0.6) is 0 Å². The van der Waals surface area contributed by atoms with E-state index in [4.69, 9.17) is 0 Å². The van der Waals surface area contributed by atoms with Crippen molar-refractivity contribution < 1.29 is 85.1 Å². The molecule has 0 radical (unpaired) electrons. The molecule has 2 aromatic carbocycles. The first-order valence-corrected chi connectivity index (χ1v) is 12.1. The third-order valence-electron chi connectivity index (χ3n) is 4.77. The fourth-order valence-electron chi connectivity index (χ4n) is 3.45. The second-order valence-electron chi connectivity index (χ2n) is 6.87. The molecule has 34 heavy (non-hydrogen) atoms. The van der Waals surface area contributed by atoms with E-state index >= 15 is 0 Å². The Labute approximate surface area is 240 Å². The molecule has 164 valence electrons. The van der Waals surface area contributed by atoms with Gasteiger partial charge in [0.25, 0.3) is 0 Å². The van der Waals surface area contributed by atoms with Crippen molar-refractivity contribution in [2.24, 2.45) is 0 Å². The first kappa shape index (κ1) is 28.8. The molecule has 2 aromatic heterocycles. The Morgan fingerprint density at radius 1 is 0.735 bits per heavy atom. The normalized spacial score (nSPS) is 13.1. The summed E-state index contributed by atoms with van der Waals surface area (Å²) in [4.78, 5) is 5.39. The second-order valence-corrected chi connectivity index (χ2v) is 9.57. The van der Waals surface area contributed by atoms with Gasteiger partial charge in [-0.3, -0.25) is 0 Å². The zero-order chi connectivity index (χ0) is 22.9. The van der Waals surface area contributed by atoms with Gasteiger partial charge in [0.2, 0.25) is 0 Å². The van der Waals surface area contributed by atoms with Gasteiger partial charge >= 0.3 is 59.1 Å². The van der Waals surface area contributed by atoms with Crippen LogP contribution in [0.4, 0.5) is 0 Å². The summed E-state index contributed by atoms with van der Waals surface area (Å²) in [6.07, 6.45) is 3.16. The molecule has 0 saturated heterocycles. The molecule has 4 aromatic rings. The molecule has 0 bridgehead atoms. The summed E-state index contributed by atoms with van der Waals surface area (Å²) in [5, 5.41) is 0.958. The van der Waals surface area contributed by atoms with Crippen LogP contribution < -0.4 is 69.8 Å². The minimum absolute atomic E-state index is 0. The van der Waals surface area contributed by atoms with Crippen molar-refractivity contribution in [3.05, 3.63) is 107 Å². The van der Waals surface area contributed by atoms with Crippen molar-refractivity contribution in [2.45, 2.75) is 9.79 Å². The molecule has 0 saturated carbocycles. The van der Waals surface area contributed by atoms with E-state index in [2.05, 4.69) is 9.97 Å². The largest absolute Gasteiger partial charge is 1.00 e. The molecule has 0 aliphatic heterocycles. The Hall–Kier alpha value is -1.44. The van der Waals surface area contributed by atoms with Crippen molar-refractivity contribution in [1.82, 2.24) is 9.97 Å². The van der Waals surface area contributed by atoms with Gasteiger partial charge in [0.1, 0.15) is 20.2 Å². The van der Waals surface area contributed by atoms with Gasteiger partial charge in [-0.15, -0.1) is 0 Å². The van der Waals surface area contributed by atoms with E-state index in [0.717, 1.165) is 0 Å². The van der Waals surface area contributed by atoms with Gasteiger partial charge in [-0.05, 0) is 48.0 Å². The Kier molecular flexibility index (Phi) is 9.76. The molecule has 0 amide bonds. The van der Waals surface area contributed by atoms with E-state index in [9.17, 15) is 25.9 Å². The maximum Gasteiger partial charge on any atom is 1.00 e. The van der Waals surface area contributed by atoms with Gasteiger partial charge in [-0.2, -0.15) is 0 Å². The molecular weight excluding hydrogens is 498 g/mol. The minimum atomic E-state index is -4.75. The van der Waals surface area contributed by atoms with Crippen molar-refractivity contribution in [1.29, 1.82) is 0 Å². The fourth-order valence-corrected chi connectivity index (χ4v) is 4.79. The first-order chi connectivity index (χ1) is 15.1. The van der Waals surface area contributed by atoms with E-state index in [1.165, 1.54) is 42.5 Å². The van der Waals surface area contributed by atoms with Gasteiger partial charge < -0.3 is 19.1 Å². The van der Waals surface area contributed by atoms with Crippen LogP contribution in [0, 0.1) is 0 Å². The third-order valence-corrected chi connectivity index (χ3v) is 6.58. The van der Waals surface area contributed by atoms with E-state index < -0.39 is 20.2 Å². The van der Waals surface area contributed by atoms with Crippen LogP contribution >= 0.6 is 0 Å². The van der Waals surface area contributed by atoms with Gasteiger partial charge in [0, 0.05) is 33.7 Å². The van der Waals surface area contributed by atoms with Crippen molar-refractivity contribution >= 4 is 31.9 Å². The second kappa shape index (κ2) is 11.5. The Balaban J connectivity index is 0.00000204. The Morgan fingerprint density at radius 3 is 1.97 bits per heavy atom. The van der Waals surface area contributed by atoms with Gasteiger partial charge in [0.05, 0.1) is 9.79 Å². The smallest absolute Gasteiger partial charge is 0.744 e. The quantitative estimate of drug-likeness (QED) is 0.202. The SMILES string of the molecule is O=S(=O)([O-])c1ccccc1/C=c1\cc/c(=C(/c2ccc[nH]2)c2ccccc2S(=O)(=O)[O-])[nH]1.[Na+].[Na+]. The number of rotatable bonds is 5. The molecule has 0 fully saturated rings. The molecule has 0 aliphatic rings. The van der Waals surface area contributed by atoms with Gasteiger partial charge in [0.15, 0.2) is 0 Å². The molecule has 4 rings (SSSR count). The third kappa shape index (κ3) is 6.41. The standard InChI is InChI=1S/C22H18N2O6S2.2Na/c25-31(26,27)20-9-3-1-6-15(20)14-16-11-12-19(24-16)22(18-8-5-13-23-18)17-7-2-4-10-21(17)32(28,29)30;;/h1-14,23-24H,(H,25,26,27)(H,28,29,30);;/q;2*+1/p-2/b16-14+,22-19-;;. The Bertz CT molecular complexity index is 1630. The molecule has 8 nitrogen and oxygen atoms in total. The van der Waals surface area contributed by atoms with Crippen molar-refractivity contribution in [3.63, 3.8) is 0 Å². The van der Waals surface area contributed by atoms with Crippen LogP contribution in [-0.4, -0.2) is 35.9 Å².